The van der Waals surface area contributed by atoms with Gasteiger partial charge < -0.3 is 4.74 Å². The highest BCUT2D eigenvalue weighted by molar-refractivity contribution is 7.89. The summed E-state index contributed by atoms with van der Waals surface area (Å²) in [4.78, 5) is 0.238. The molecule has 0 bridgehead atoms. The molecule has 0 saturated heterocycles. The molecule has 6 heteroatoms. The maximum atomic E-state index is 12.4. The first-order chi connectivity index (χ1) is 10.8. The van der Waals surface area contributed by atoms with Gasteiger partial charge in [-0.1, -0.05) is 23.7 Å². The number of nitrogens with one attached hydrogen (secondary N) is 1. The van der Waals surface area contributed by atoms with E-state index in [9.17, 15) is 8.42 Å². The van der Waals surface area contributed by atoms with Gasteiger partial charge in [-0.05, 0) is 62.2 Å². The van der Waals surface area contributed by atoms with Gasteiger partial charge in [-0.15, -0.1) is 0 Å². The normalized spacial score (nSPS) is 11.7. The van der Waals surface area contributed by atoms with E-state index in [-0.39, 0.29) is 17.5 Å². The fourth-order valence-corrected chi connectivity index (χ4v) is 3.60. The first-order valence-electron chi connectivity index (χ1n) is 7.29. The Kier molecular flexibility index (Phi) is 5.68. The first kappa shape index (κ1) is 17.8. The third kappa shape index (κ3) is 4.96. The molecule has 0 unspecified atom stereocenters. The maximum Gasteiger partial charge on any atom is 0.241 e. The molecular weight excluding hydrogens is 334 g/mol. The van der Waals surface area contributed by atoms with Crippen LogP contribution in [0.1, 0.15) is 25.0 Å². The number of halogens is 1. The zero-order valence-electron chi connectivity index (χ0n) is 13.3. The van der Waals surface area contributed by atoms with Crippen molar-refractivity contribution in [3.8, 4) is 5.75 Å². The van der Waals surface area contributed by atoms with Gasteiger partial charge in [0.2, 0.25) is 10.0 Å². The Labute approximate surface area is 142 Å². The number of rotatable bonds is 6. The lowest BCUT2D eigenvalue weighted by Gasteiger charge is -2.11. The molecule has 2 aromatic carbocycles. The Bertz CT molecular complexity index is 771. The number of hydrogen-bond acceptors (Lipinski definition) is 3. The van der Waals surface area contributed by atoms with Gasteiger partial charge in [0.05, 0.1) is 11.0 Å². The minimum absolute atomic E-state index is 0.104. The van der Waals surface area contributed by atoms with Crippen LogP contribution in [-0.2, 0) is 16.6 Å². The average molecular weight is 354 g/mol. The van der Waals surface area contributed by atoms with Gasteiger partial charge in [0.15, 0.2) is 0 Å². The van der Waals surface area contributed by atoms with E-state index in [0.717, 1.165) is 11.3 Å². The molecule has 0 heterocycles. The lowest BCUT2D eigenvalue weighted by molar-refractivity contribution is 0.242. The Balaban J connectivity index is 2.07. The van der Waals surface area contributed by atoms with Gasteiger partial charge in [-0.2, -0.15) is 0 Å². The minimum Gasteiger partial charge on any atom is -0.491 e. The van der Waals surface area contributed by atoms with Crippen molar-refractivity contribution in [1.29, 1.82) is 0 Å². The molecular formula is C17H20ClNO3S. The Morgan fingerprint density at radius 1 is 1.13 bits per heavy atom. The summed E-state index contributed by atoms with van der Waals surface area (Å²) < 4.78 is 32.9. The van der Waals surface area contributed by atoms with E-state index >= 15 is 0 Å². The molecule has 0 aliphatic rings. The summed E-state index contributed by atoms with van der Waals surface area (Å²) in [5.74, 6) is 0.764. The SMILES string of the molecule is Cc1cc(Cl)ccc1S(=O)(=O)NCc1ccc(OC(C)C)cc1. The van der Waals surface area contributed by atoms with E-state index in [2.05, 4.69) is 4.72 Å². The van der Waals surface area contributed by atoms with Crippen molar-refractivity contribution in [3.05, 3.63) is 58.6 Å². The predicted molar refractivity (Wildman–Crippen MR) is 92.4 cm³/mol. The number of benzene rings is 2. The highest BCUT2D eigenvalue weighted by Gasteiger charge is 2.16. The molecule has 0 fully saturated rings. The fraction of sp³-hybridized carbons (Fsp3) is 0.294. The van der Waals surface area contributed by atoms with Crippen LogP contribution in [0.3, 0.4) is 0 Å². The second-order valence-electron chi connectivity index (χ2n) is 5.54. The monoisotopic (exact) mass is 353 g/mol. The molecule has 0 aliphatic carbocycles. The number of sulfonamides is 1. The van der Waals surface area contributed by atoms with Crippen LogP contribution in [0.4, 0.5) is 0 Å². The van der Waals surface area contributed by atoms with Crippen molar-refractivity contribution in [1.82, 2.24) is 4.72 Å². The van der Waals surface area contributed by atoms with Gasteiger partial charge in [0.1, 0.15) is 5.75 Å². The van der Waals surface area contributed by atoms with E-state index in [1.54, 1.807) is 19.1 Å². The molecule has 0 atom stereocenters. The number of ether oxygens (including phenoxy) is 1. The smallest absolute Gasteiger partial charge is 0.241 e. The van der Waals surface area contributed by atoms with Crippen LogP contribution in [0.25, 0.3) is 0 Å². The van der Waals surface area contributed by atoms with Gasteiger partial charge in [0, 0.05) is 11.6 Å². The highest BCUT2D eigenvalue weighted by atomic mass is 35.5. The average Bonchev–Trinajstić information content (AvgIpc) is 2.45. The summed E-state index contributed by atoms with van der Waals surface area (Å²) in [6.07, 6.45) is 0.104. The molecule has 1 N–H and O–H groups in total. The third-order valence-electron chi connectivity index (χ3n) is 3.19. The van der Waals surface area contributed by atoms with E-state index in [0.29, 0.717) is 10.6 Å². The minimum atomic E-state index is -3.57. The summed E-state index contributed by atoms with van der Waals surface area (Å²) in [6.45, 7) is 5.85. The molecule has 0 aliphatic heterocycles. The van der Waals surface area contributed by atoms with Crippen LogP contribution < -0.4 is 9.46 Å². The summed E-state index contributed by atoms with van der Waals surface area (Å²) >= 11 is 5.86. The lowest BCUT2D eigenvalue weighted by Crippen LogP contribution is -2.24. The summed E-state index contributed by atoms with van der Waals surface area (Å²) in [5, 5.41) is 0.516. The third-order valence-corrected chi connectivity index (χ3v) is 4.98. The molecule has 0 aromatic heterocycles. The van der Waals surface area contributed by atoms with E-state index < -0.39 is 10.0 Å². The van der Waals surface area contributed by atoms with Crippen LogP contribution >= 0.6 is 11.6 Å². The van der Waals surface area contributed by atoms with Crippen LogP contribution in [0.2, 0.25) is 5.02 Å². The number of hydrogen-bond donors (Lipinski definition) is 1. The van der Waals surface area contributed by atoms with Crippen LogP contribution in [0.15, 0.2) is 47.4 Å². The van der Waals surface area contributed by atoms with Gasteiger partial charge in [-0.25, -0.2) is 13.1 Å². The first-order valence-corrected chi connectivity index (χ1v) is 9.15. The van der Waals surface area contributed by atoms with E-state index in [1.807, 2.05) is 38.1 Å². The van der Waals surface area contributed by atoms with Crippen LogP contribution in [-0.4, -0.2) is 14.5 Å². The summed E-state index contributed by atoms with van der Waals surface area (Å²) in [7, 11) is -3.57. The molecule has 0 saturated carbocycles. The molecule has 4 nitrogen and oxygen atoms in total. The molecule has 2 aromatic rings. The molecule has 124 valence electrons. The fourth-order valence-electron chi connectivity index (χ4n) is 2.13. The topological polar surface area (TPSA) is 55.4 Å². The second kappa shape index (κ2) is 7.34. The van der Waals surface area contributed by atoms with Crippen LogP contribution in [0, 0.1) is 6.92 Å². The lowest BCUT2D eigenvalue weighted by atomic mass is 10.2. The number of aryl methyl sites for hydroxylation is 1. The molecule has 0 radical (unpaired) electrons. The van der Waals surface area contributed by atoms with Crippen LogP contribution in [0.5, 0.6) is 5.75 Å². The van der Waals surface area contributed by atoms with Crippen molar-refractivity contribution in [2.24, 2.45) is 0 Å². The van der Waals surface area contributed by atoms with Crippen molar-refractivity contribution >= 4 is 21.6 Å². The standard InChI is InChI=1S/C17H20ClNO3S/c1-12(2)22-16-7-4-14(5-8-16)11-19-23(20,21)17-9-6-15(18)10-13(17)3/h4-10,12,19H,11H2,1-3H3. The van der Waals surface area contributed by atoms with Crippen molar-refractivity contribution < 1.29 is 13.2 Å². The van der Waals surface area contributed by atoms with Crippen molar-refractivity contribution in [2.75, 3.05) is 0 Å². The Morgan fingerprint density at radius 3 is 2.35 bits per heavy atom. The van der Waals surface area contributed by atoms with Gasteiger partial charge in [0.25, 0.3) is 0 Å². The second-order valence-corrected chi connectivity index (χ2v) is 7.72. The maximum absolute atomic E-state index is 12.4. The largest absolute Gasteiger partial charge is 0.491 e. The Hall–Kier alpha value is -1.56. The summed E-state index contributed by atoms with van der Waals surface area (Å²) in [5.41, 5.74) is 1.47. The molecule has 2 rings (SSSR count). The van der Waals surface area contributed by atoms with E-state index in [1.165, 1.54) is 6.07 Å². The van der Waals surface area contributed by atoms with Crippen molar-refractivity contribution in [3.63, 3.8) is 0 Å². The van der Waals surface area contributed by atoms with E-state index in [4.69, 9.17) is 16.3 Å². The summed E-state index contributed by atoms with van der Waals surface area (Å²) in [6, 6.07) is 12.1. The molecule has 23 heavy (non-hydrogen) atoms. The van der Waals surface area contributed by atoms with Crippen molar-refractivity contribution in [2.45, 2.75) is 38.3 Å². The van der Waals surface area contributed by atoms with Gasteiger partial charge >= 0.3 is 0 Å². The molecule has 0 spiro atoms. The van der Waals surface area contributed by atoms with Gasteiger partial charge in [-0.3, -0.25) is 0 Å². The highest BCUT2D eigenvalue weighted by Crippen LogP contribution is 2.20. The Morgan fingerprint density at radius 2 is 1.78 bits per heavy atom. The predicted octanol–water partition coefficient (Wildman–Crippen LogP) is 3.91. The quantitative estimate of drug-likeness (QED) is 0.856. The zero-order chi connectivity index (χ0) is 17.0. The zero-order valence-corrected chi connectivity index (χ0v) is 14.9. The molecule has 0 amide bonds.